The molecule has 6 heteroatoms. The minimum Gasteiger partial charge on any atom is -0.395 e. The van der Waals surface area contributed by atoms with Crippen molar-refractivity contribution >= 4 is 5.91 Å². The standard InChI is InChI=1S/C17H19FN2O3/c1-11-9-12(2)19-16(22)15(11)17(23)20(7-8-21)10-13-5-3-4-6-14(13)18/h3-6,9,21H,7-8,10H2,1-2H3,(H,19,22). The van der Waals surface area contributed by atoms with Crippen molar-refractivity contribution in [2.75, 3.05) is 13.2 Å². The number of carbonyl (C=O) groups is 1. The zero-order valence-electron chi connectivity index (χ0n) is 13.1. The molecule has 0 aliphatic carbocycles. The quantitative estimate of drug-likeness (QED) is 0.882. The van der Waals surface area contributed by atoms with Crippen LogP contribution in [-0.2, 0) is 6.54 Å². The normalized spacial score (nSPS) is 10.6. The second kappa shape index (κ2) is 7.19. The summed E-state index contributed by atoms with van der Waals surface area (Å²) in [5, 5.41) is 9.19. The summed E-state index contributed by atoms with van der Waals surface area (Å²) in [6, 6.07) is 7.81. The van der Waals surface area contributed by atoms with Crippen molar-refractivity contribution in [3.8, 4) is 0 Å². The second-order valence-corrected chi connectivity index (χ2v) is 5.38. The number of rotatable bonds is 5. The number of pyridine rings is 1. The first kappa shape index (κ1) is 16.9. The molecule has 2 aromatic rings. The summed E-state index contributed by atoms with van der Waals surface area (Å²) >= 11 is 0. The predicted molar refractivity (Wildman–Crippen MR) is 84.8 cm³/mol. The van der Waals surface area contributed by atoms with Gasteiger partial charge in [0.2, 0.25) is 0 Å². The molecule has 1 heterocycles. The van der Waals surface area contributed by atoms with E-state index >= 15 is 0 Å². The first-order valence-corrected chi connectivity index (χ1v) is 7.28. The summed E-state index contributed by atoms with van der Waals surface area (Å²) in [4.78, 5) is 28.6. The summed E-state index contributed by atoms with van der Waals surface area (Å²) < 4.78 is 13.8. The fourth-order valence-corrected chi connectivity index (χ4v) is 2.48. The molecule has 5 nitrogen and oxygen atoms in total. The molecule has 0 saturated heterocycles. The fraction of sp³-hybridized carbons (Fsp3) is 0.294. The van der Waals surface area contributed by atoms with Crippen molar-refractivity contribution < 1.29 is 14.3 Å². The number of H-pyrrole nitrogens is 1. The number of nitrogens with zero attached hydrogens (tertiary/aromatic N) is 1. The van der Waals surface area contributed by atoms with Crippen LogP contribution in [0.25, 0.3) is 0 Å². The van der Waals surface area contributed by atoms with Crippen LogP contribution in [0.1, 0.15) is 27.2 Å². The summed E-state index contributed by atoms with van der Waals surface area (Å²) in [6.07, 6.45) is 0. The highest BCUT2D eigenvalue weighted by atomic mass is 19.1. The topological polar surface area (TPSA) is 73.4 Å². The predicted octanol–water partition coefficient (Wildman–Crippen LogP) is 1.77. The van der Waals surface area contributed by atoms with Gasteiger partial charge < -0.3 is 15.0 Å². The van der Waals surface area contributed by atoms with Gasteiger partial charge in [-0.1, -0.05) is 18.2 Å². The van der Waals surface area contributed by atoms with E-state index in [0.717, 1.165) is 0 Å². The van der Waals surface area contributed by atoms with Gasteiger partial charge in [0, 0.05) is 24.3 Å². The van der Waals surface area contributed by atoms with Crippen LogP contribution in [0.2, 0.25) is 0 Å². The van der Waals surface area contributed by atoms with Crippen LogP contribution >= 0.6 is 0 Å². The molecule has 0 aliphatic rings. The minimum absolute atomic E-state index is 0.0138. The molecule has 0 spiro atoms. The Morgan fingerprint density at radius 2 is 2.00 bits per heavy atom. The van der Waals surface area contributed by atoms with E-state index in [1.807, 2.05) is 0 Å². The number of nitrogens with one attached hydrogen (secondary N) is 1. The van der Waals surface area contributed by atoms with E-state index < -0.39 is 17.3 Å². The third-order valence-corrected chi connectivity index (χ3v) is 3.56. The van der Waals surface area contributed by atoms with Gasteiger partial charge in [-0.2, -0.15) is 0 Å². The highest BCUT2D eigenvalue weighted by Crippen LogP contribution is 2.13. The largest absolute Gasteiger partial charge is 0.395 e. The van der Waals surface area contributed by atoms with Crippen molar-refractivity contribution in [3.05, 3.63) is 68.9 Å². The summed E-state index contributed by atoms with van der Waals surface area (Å²) in [6.45, 7) is 3.13. The van der Waals surface area contributed by atoms with E-state index in [2.05, 4.69) is 4.98 Å². The lowest BCUT2D eigenvalue weighted by Gasteiger charge is -2.22. The molecule has 2 rings (SSSR count). The number of aryl methyl sites for hydroxylation is 2. The zero-order chi connectivity index (χ0) is 17.0. The Morgan fingerprint density at radius 1 is 1.30 bits per heavy atom. The van der Waals surface area contributed by atoms with E-state index in [1.54, 1.807) is 38.1 Å². The monoisotopic (exact) mass is 318 g/mol. The number of halogens is 1. The van der Waals surface area contributed by atoms with Gasteiger partial charge in [0.25, 0.3) is 11.5 Å². The molecule has 0 bridgehead atoms. The van der Waals surface area contributed by atoms with Gasteiger partial charge in [0.15, 0.2) is 0 Å². The number of benzene rings is 1. The highest BCUT2D eigenvalue weighted by Gasteiger charge is 2.22. The Hall–Kier alpha value is -2.47. The molecular weight excluding hydrogens is 299 g/mol. The first-order valence-electron chi connectivity index (χ1n) is 7.28. The third kappa shape index (κ3) is 3.84. The Labute approximate surface area is 133 Å². The molecule has 23 heavy (non-hydrogen) atoms. The molecule has 1 aromatic heterocycles. The summed E-state index contributed by atoms with van der Waals surface area (Å²) in [7, 11) is 0. The number of hydrogen-bond acceptors (Lipinski definition) is 3. The van der Waals surface area contributed by atoms with Gasteiger partial charge in [-0.05, 0) is 31.5 Å². The van der Waals surface area contributed by atoms with Crippen LogP contribution in [-0.4, -0.2) is 34.0 Å². The fourth-order valence-electron chi connectivity index (χ4n) is 2.48. The Morgan fingerprint density at radius 3 is 2.61 bits per heavy atom. The molecule has 0 fully saturated rings. The van der Waals surface area contributed by atoms with Crippen LogP contribution in [0.15, 0.2) is 35.1 Å². The molecule has 122 valence electrons. The molecular formula is C17H19FN2O3. The number of aromatic nitrogens is 1. The maximum Gasteiger partial charge on any atom is 0.261 e. The summed E-state index contributed by atoms with van der Waals surface area (Å²) in [5.74, 6) is -0.959. The molecule has 0 unspecified atom stereocenters. The lowest BCUT2D eigenvalue weighted by Crippen LogP contribution is -2.37. The second-order valence-electron chi connectivity index (χ2n) is 5.38. The van der Waals surface area contributed by atoms with Crippen LogP contribution in [0.5, 0.6) is 0 Å². The number of hydrogen-bond donors (Lipinski definition) is 2. The minimum atomic E-state index is -0.527. The van der Waals surface area contributed by atoms with Gasteiger partial charge in [-0.3, -0.25) is 9.59 Å². The van der Waals surface area contributed by atoms with Crippen LogP contribution in [0.3, 0.4) is 0 Å². The van der Waals surface area contributed by atoms with Gasteiger partial charge in [0.05, 0.1) is 6.61 Å². The Balaban J connectivity index is 2.36. The summed E-state index contributed by atoms with van der Waals surface area (Å²) in [5.41, 5.74) is 1.07. The number of carbonyl (C=O) groups excluding carboxylic acids is 1. The van der Waals surface area contributed by atoms with Gasteiger partial charge in [0.1, 0.15) is 11.4 Å². The maximum atomic E-state index is 13.8. The van der Waals surface area contributed by atoms with Crippen LogP contribution in [0, 0.1) is 19.7 Å². The highest BCUT2D eigenvalue weighted by molar-refractivity contribution is 5.95. The molecule has 2 N–H and O–H groups in total. The van der Waals surface area contributed by atoms with Gasteiger partial charge in [-0.25, -0.2) is 4.39 Å². The van der Waals surface area contributed by atoms with Crippen molar-refractivity contribution in [1.29, 1.82) is 0 Å². The molecule has 0 radical (unpaired) electrons. The number of aliphatic hydroxyl groups is 1. The van der Waals surface area contributed by atoms with Gasteiger partial charge >= 0.3 is 0 Å². The van der Waals surface area contributed by atoms with Crippen LogP contribution in [0.4, 0.5) is 4.39 Å². The Bertz CT molecular complexity index is 771. The lowest BCUT2D eigenvalue weighted by atomic mass is 10.1. The molecule has 0 aliphatic heterocycles. The van der Waals surface area contributed by atoms with E-state index in [1.165, 1.54) is 11.0 Å². The van der Waals surface area contributed by atoms with Gasteiger partial charge in [-0.15, -0.1) is 0 Å². The van der Waals surface area contributed by atoms with Crippen molar-refractivity contribution in [2.45, 2.75) is 20.4 Å². The lowest BCUT2D eigenvalue weighted by molar-refractivity contribution is 0.0703. The number of aliphatic hydroxyl groups excluding tert-OH is 1. The third-order valence-electron chi connectivity index (χ3n) is 3.56. The van der Waals surface area contributed by atoms with Crippen molar-refractivity contribution in [1.82, 2.24) is 9.88 Å². The number of amides is 1. The molecule has 0 saturated carbocycles. The molecule has 0 atom stereocenters. The Kier molecular flexibility index (Phi) is 5.28. The van der Waals surface area contributed by atoms with E-state index in [9.17, 15) is 19.1 Å². The van der Waals surface area contributed by atoms with Crippen molar-refractivity contribution in [2.24, 2.45) is 0 Å². The average Bonchev–Trinajstić information content (AvgIpc) is 2.47. The smallest absolute Gasteiger partial charge is 0.261 e. The number of aromatic amines is 1. The molecule has 1 aromatic carbocycles. The van der Waals surface area contributed by atoms with E-state index in [4.69, 9.17) is 0 Å². The molecule has 1 amide bonds. The SMILES string of the molecule is Cc1cc(C)c(C(=O)N(CCO)Cc2ccccc2F)c(=O)[nH]1. The zero-order valence-corrected chi connectivity index (χ0v) is 13.1. The van der Waals surface area contributed by atoms with E-state index in [-0.39, 0.29) is 25.3 Å². The van der Waals surface area contributed by atoms with Crippen LogP contribution < -0.4 is 5.56 Å². The van der Waals surface area contributed by atoms with E-state index in [0.29, 0.717) is 16.8 Å². The maximum absolute atomic E-state index is 13.8. The average molecular weight is 318 g/mol. The first-order chi connectivity index (χ1) is 10.9. The van der Waals surface area contributed by atoms with Crippen molar-refractivity contribution in [3.63, 3.8) is 0 Å².